The fourth-order valence-electron chi connectivity index (χ4n) is 3.30. The number of rotatable bonds is 4. The van der Waals surface area contributed by atoms with Crippen LogP contribution in [0.25, 0.3) is 0 Å². The van der Waals surface area contributed by atoms with Crippen molar-refractivity contribution in [3.8, 4) is 17.2 Å². The molecule has 0 aliphatic carbocycles. The van der Waals surface area contributed by atoms with Crippen LogP contribution in [0, 0.1) is 5.92 Å². The van der Waals surface area contributed by atoms with E-state index in [1.165, 1.54) is 13.8 Å². The van der Waals surface area contributed by atoms with Gasteiger partial charge in [0.25, 0.3) is 0 Å². The molecule has 4 nitrogen and oxygen atoms in total. The number of methoxy groups -OCH3 is 1. The fraction of sp³-hybridized carbons (Fsp3) is 0.263. The van der Waals surface area contributed by atoms with E-state index in [2.05, 4.69) is 0 Å². The Morgan fingerprint density at radius 3 is 2.30 bits per heavy atom. The van der Waals surface area contributed by atoms with Crippen molar-refractivity contribution in [3.05, 3.63) is 53.6 Å². The maximum atomic E-state index is 12.2. The highest BCUT2D eigenvalue weighted by molar-refractivity contribution is 6.02. The summed E-state index contributed by atoms with van der Waals surface area (Å²) in [6, 6.07) is 13.0. The molecule has 1 atom stereocenters. The Labute approximate surface area is 135 Å². The summed E-state index contributed by atoms with van der Waals surface area (Å²) in [5.74, 6) is 0.448. The average molecular weight is 310 g/mol. The second-order valence-corrected chi connectivity index (χ2v) is 5.69. The molecule has 23 heavy (non-hydrogen) atoms. The van der Waals surface area contributed by atoms with Crippen LogP contribution in [0.15, 0.2) is 42.5 Å². The van der Waals surface area contributed by atoms with Crippen LogP contribution in [-0.4, -0.2) is 18.7 Å². The largest absolute Gasteiger partial charge is 0.496 e. The van der Waals surface area contributed by atoms with Gasteiger partial charge in [0.15, 0.2) is 0 Å². The zero-order valence-corrected chi connectivity index (χ0v) is 13.3. The van der Waals surface area contributed by atoms with Crippen LogP contribution in [0.1, 0.15) is 30.9 Å². The highest BCUT2D eigenvalue weighted by Gasteiger charge is 2.40. The third kappa shape index (κ3) is 2.50. The summed E-state index contributed by atoms with van der Waals surface area (Å²) in [6.07, 6.45) is 0. The van der Waals surface area contributed by atoms with Crippen LogP contribution in [0.5, 0.6) is 17.2 Å². The van der Waals surface area contributed by atoms with Gasteiger partial charge in [0.05, 0.1) is 13.0 Å². The summed E-state index contributed by atoms with van der Waals surface area (Å²) < 4.78 is 11.4. The van der Waals surface area contributed by atoms with Crippen molar-refractivity contribution in [3.63, 3.8) is 0 Å². The number of Topliss-reactive ketones (excluding diaryl/α,β-unsaturated/α-hetero) is 2. The predicted molar refractivity (Wildman–Crippen MR) is 86.2 cm³/mol. The van der Waals surface area contributed by atoms with E-state index in [1.807, 2.05) is 42.5 Å². The van der Waals surface area contributed by atoms with E-state index in [-0.39, 0.29) is 11.6 Å². The molecule has 0 bridgehead atoms. The zero-order chi connectivity index (χ0) is 16.6. The van der Waals surface area contributed by atoms with Gasteiger partial charge in [-0.2, -0.15) is 0 Å². The molecule has 0 amide bonds. The normalized spacial score (nSPS) is 15.4. The third-order valence-corrected chi connectivity index (χ3v) is 4.24. The molecule has 1 aliphatic heterocycles. The molecule has 118 valence electrons. The van der Waals surface area contributed by atoms with Gasteiger partial charge in [0.2, 0.25) is 0 Å². The van der Waals surface area contributed by atoms with Crippen LogP contribution in [0.4, 0.5) is 0 Å². The molecule has 0 radical (unpaired) electrons. The molecule has 1 heterocycles. The number of benzene rings is 2. The molecule has 1 aliphatic rings. The first-order chi connectivity index (χ1) is 11.0. The second kappa shape index (κ2) is 5.88. The van der Waals surface area contributed by atoms with Gasteiger partial charge < -0.3 is 9.47 Å². The van der Waals surface area contributed by atoms with Crippen molar-refractivity contribution in [1.82, 2.24) is 0 Å². The number of fused-ring (bicyclic) bond motifs is 2. The summed E-state index contributed by atoms with van der Waals surface area (Å²) in [5, 5.41) is 0. The van der Waals surface area contributed by atoms with Gasteiger partial charge in [-0.25, -0.2) is 0 Å². The molecule has 0 saturated carbocycles. The van der Waals surface area contributed by atoms with E-state index in [0.717, 1.165) is 11.1 Å². The molecular weight excluding hydrogens is 292 g/mol. The Kier molecular flexibility index (Phi) is 3.90. The summed E-state index contributed by atoms with van der Waals surface area (Å²) in [7, 11) is 1.57. The number of ether oxygens (including phenoxy) is 2. The molecule has 0 saturated heterocycles. The van der Waals surface area contributed by atoms with Gasteiger partial charge in [-0.05, 0) is 32.0 Å². The van der Waals surface area contributed by atoms with E-state index in [0.29, 0.717) is 17.2 Å². The fourth-order valence-corrected chi connectivity index (χ4v) is 3.30. The second-order valence-electron chi connectivity index (χ2n) is 5.69. The van der Waals surface area contributed by atoms with Gasteiger partial charge in [0.1, 0.15) is 28.8 Å². The molecule has 0 fully saturated rings. The van der Waals surface area contributed by atoms with Gasteiger partial charge in [-0.1, -0.05) is 24.3 Å². The van der Waals surface area contributed by atoms with Crippen LogP contribution >= 0.6 is 0 Å². The SMILES string of the molecule is COc1cccc2c1C(C(C(C)=O)C(C)=O)c1ccccc1O2. The van der Waals surface area contributed by atoms with Crippen LogP contribution in [0.3, 0.4) is 0 Å². The number of carbonyl (C=O) groups excluding carboxylic acids is 2. The molecule has 4 heteroatoms. The Morgan fingerprint density at radius 2 is 1.65 bits per heavy atom. The number of hydrogen-bond acceptors (Lipinski definition) is 4. The van der Waals surface area contributed by atoms with Gasteiger partial charge >= 0.3 is 0 Å². The Bertz CT molecular complexity index is 765. The van der Waals surface area contributed by atoms with Crippen molar-refractivity contribution in [2.75, 3.05) is 7.11 Å². The molecule has 1 unspecified atom stereocenters. The van der Waals surface area contributed by atoms with Crippen molar-refractivity contribution < 1.29 is 19.1 Å². The van der Waals surface area contributed by atoms with Crippen molar-refractivity contribution in [2.45, 2.75) is 19.8 Å². The molecule has 3 rings (SSSR count). The van der Waals surface area contributed by atoms with Crippen molar-refractivity contribution in [2.24, 2.45) is 5.92 Å². The average Bonchev–Trinajstić information content (AvgIpc) is 2.53. The van der Waals surface area contributed by atoms with Crippen LogP contribution in [0.2, 0.25) is 0 Å². The summed E-state index contributed by atoms with van der Waals surface area (Å²) in [5.41, 5.74) is 1.59. The number of para-hydroxylation sites is 1. The minimum Gasteiger partial charge on any atom is -0.496 e. The van der Waals surface area contributed by atoms with Crippen LogP contribution < -0.4 is 9.47 Å². The van der Waals surface area contributed by atoms with Crippen molar-refractivity contribution in [1.29, 1.82) is 0 Å². The third-order valence-electron chi connectivity index (χ3n) is 4.24. The monoisotopic (exact) mass is 310 g/mol. The molecule has 2 aromatic rings. The maximum Gasteiger partial charge on any atom is 0.141 e. The molecular formula is C19H18O4. The first kappa shape index (κ1) is 15.3. The lowest BCUT2D eigenvalue weighted by molar-refractivity contribution is -0.130. The standard InChI is InChI=1S/C19H18O4/c1-11(20)17(12(2)21)18-13-7-4-5-8-14(13)23-16-10-6-9-15(22-3)19(16)18/h4-10,17-18H,1-3H3. The Hall–Kier alpha value is -2.62. The number of hydrogen-bond donors (Lipinski definition) is 0. The van der Waals surface area contributed by atoms with Crippen LogP contribution in [-0.2, 0) is 9.59 Å². The Morgan fingerprint density at radius 1 is 1.00 bits per heavy atom. The lowest BCUT2D eigenvalue weighted by Crippen LogP contribution is -2.30. The minimum absolute atomic E-state index is 0.156. The first-order valence-electron chi connectivity index (χ1n) is 7.49. The topological polar surface area (TPSA) is 52.6 Å². The number of ketones is 2. The molecule has 0 N–H and O–H groups in total. The molecule has 0 spiro atoms. The van der Waals surface area contributed by atoms with Crippen molar-refractivity contribution >= 4 is 11.6 Å². The molecule has 0 aromatic heterocycles. The summed E-state index contributed by atoms with van der Waals surface area (Å²) in [6.45, 7) is 2.92. The van der Waals surface area contributed by atoms with E-state index in [9.17, 15) is 9.59 Å². The van der Waals surface area contributed by atoms with Gasteiger partial charge in [-0.15, -0.1) is 0 Å². The lowest BCUT2D eigenvalue weighted by Gasteiger charge is -2.32. The van der Waals surface area contributed by atoms with Gasteiger partial charge in [-0.3, -0.25) is 9.59 Å². The maximum absolute atomic E-state index is 12.2. The highest BCUT2D eigenvalue weighted by atomic mass is 16.5. The van der Waals surface area contributed by atoms with E-state index >= 15 is 0 Å². The first-order valence-corrected chi connectivity index (χ1v) is 7.49. The van der Waals surface area contributed by atoms with Gasteiger partial charge in [0, 0.05) is 17.0 Å². The minimum atomic E-state index is -0.755. The quantitative estimate of drug-likeness (QED) is 0.808. The van der Waals surface area contributed by atoms with E-state index < -0.39 is 11.8 Å². The van der Waals surface area contributed by atoms with E-state index in [4.69, 9.17) is 9.47 Å². The lowest BCUT2D eigenvalue weighted by atomic mass is 9.75. The highest BCUT2D eigenvalue weighted by Crippen LogP contribution is 2.51. The smallest absolute Gasteiger partial charge is 0.141 e. The summed E-state index contributed by atoms with van der Waals surface area (Å²) >= 11 is 0. The molecule has 2 aromatic carbocycles. The zero-order valence-electron chi connectivity index (χ0n) is 13.3. The Balaban J connectivity index is 2.29. The summed E-state index contributed by atoms with van der Waals surface area (Å²) in [4.78, 5) is 24.4. The number of carbonyl (C=O) groups is 2. The predicted octanol–water partition coefficient (Wildman–Crippen LogP) is 3.73. The van der Waals surface area contributed by atoms with E-state index in [1.54, 1.807) is 7.11 Å².